The predicted molar refractivity (Wildman–Crippen MR) is 53.9 cm³/mol. The molecule has 3 nitrogen and oxygen atoms in total. The first-order chi connectivity index (χ1) is 6.81. The molecule has 0 heterocycles. The molecule has 2 saturated carbocycles. The van der Waals surface area contributed by atoms with Crippen molar-refractivity contribution in [3.8, 4) is 0 Å². The van der Waals surface area contributed by atoms with Crippen LogP contribution in [0.4, 0.5) is 0 Å². The van der Waals surface area contributed by atoms with E-state index in [-0.39, 0.29) is 11.9 Å². The monoisotopic (exact) mass is 197 g/mol. The molecule has 0 amide bonds. The average molecular weight is 197 g/mol. The fourth-order valence-electron chi connectivity index (χ4n) is 2.24. The number of hydrogen-bond acceptors (Lipinski definition) is 3. The minimum absolute atomic E-state index is 0.00292. The van der Waals surface area contributed by atoms with Gasteiger partial charge in [-0.15, -0.1) is 0 Å². The summed E-state index contributed by atoms with van der Waals surface area (Å²) in [6, 6.07) is 1.08. The molecule has 80 valence electrons. The highest BCUT2D eigenvalue weighted by Gasteiger charge is 2.37. The largest absolute Gasteiger partial charge is 0.466 e. The van der Waals surface area contributed by atoms with Crippen molar-refractivity contribution < 1.29 is 9.53 Å². The van der Waals surface area contributed by atoms with Gasteiger partial charge in [0.2, 0.25) is 0 Å². The molecule has 0 aromatic carbocycles. The van der Waals surface area contributed by atoms with Crippen molar-refractivity contribution >= 4 is 5.97 Å². The van der Waals surface area contributed by atoms with Crippen LogP contribution in [0.15, 0.2) is 0 Å². The van der Waals surface area contributed by atoms with Gasteiger partial charge in [-0.05, 0) is 32.6 Å². The minimum atomic E-state index is 0.00292. The van der Waals surface area contributed by atoms with Crippen molar-refractivity contribution in [2.45, 2.75) is 51.1 Å². The summed E-state index contributed by atoms with van der Waals surface area (Å²) in [5.41, 5.74) is 0. The summed E-state index contributed by atoms with van der Waals surface area (Å²) in [5.74, 6) is 0.124. The molecule has 3 heteroatoms. The van der Waals surface area contributed by atoms with E-state index in [1.165, 1.54) is 12.8 Å². The third kappa shape index (κ3) is 2.27. The molecule has 2 fully saturated rings. The Labute approximate surface area is 85.2 Å². The summed E-state index contributed by atoms with van der Waals surface area (Å²) in [4.78, 5) is 11.6. The molecule has 2 unspecified atom stereocenters. The Balaban J connectivity index is 1.84. The van der Waals surface area contributed by atoms with Crippen molar-refractivity contribution in [1.29, 1.82) is 0 Å². The van der Waals surface area contributed by atoms with Crippen molar-refractivity contribution in [1.82, 2.24) is 5.32 Å². The van der Waals surface area contributed by atoms with Gasteiger partial charge in [0.25, 0.3) is 0 Å². The highest BCUT2D eigenvalue weighted by Crippen LogP contribution is 2.30. The second-order valence-corrected chi connectivity index (χ2v) is 4.34. The third-order valence-electron chi connectivity index (χ3n) is 3.13. The normalized spacial score (nSPS) is 31.8. The summed E-state index contributed by atoms with van der Waals surface area (Å²) >= 11 is 0. The molecular weight excluding hydrogens is 178 g/mol. The zero-order valence-electron chi connectivity index (χ0n) is 8.79. The SMILES string of the molecule is CCOC(=O)C1CCCC1NC1CC1. The molecule has 2 aliphatic carbocycles. The smallest absolute Gasteiger partial charge is 0.310 e. The van der Waals surface area contributed by atoms with Gasteiger partial charge in [0.15, 0.2) is 0 Å². The zero-order valence-corrected chi connectivity index (χ0v) is 8.79. The lowest BCUT2D eigenvalue weighted by Crippen LogP contribution is -2.38. The molecule has 0 saturated heterocycles. The van der Waals surface area contributed by atoms with Crippen molar-refractivity contribution in [3.05, 3.63) is 0 Å². The fraction of sp³-hybridized carbons (Fsp3) is 0.909. The molecule has 2 aliphatic rings. The van der Waals surface area contributed by atoms with Gasteiger partial charge in [0, 0.05) is 12.1 Å². The van der Waals surface area contributed by atoms with E-state index in [0.29, 0.717) is 18.7 Å². The van der Waals surface area contributed by atoms with E-state index < -0.39 is 0 Å². The first-order valence-corrected chi connectivity index (χ1v) is 5.74. The summed E-state index contributed by atoms with van der Waals surface area (Å²) in [6.07, 6.45) is 5.87. The van der Waals surface area contributed by atoms with Gasteiger partial charge < -0.3 is 10.1 Å². The van der Waals surface area contributed by atoms with E-state index in [1.807, 2.05) is 6.92 Å². The molecule has 2 rings (SSSR count). The lowest BCUT2D eigenvalue weighted by atomic mass is 10.0. The highest BCUT2D eigenvalue weighted by molar-refractivity contribution is 5.73. The number of rotatable bonds is 4. The van der Waals surface area contributed by atoms with Gasteiger partial charge in [-0.25, -0.2) is 0 Å². The summed E-state index contributed by atoms with van der Waals surface area (Å²) < 4.78 is 5.08. The zero-order chi connectivity index (χ0) is 9.97. The minimum Gasteiger partial charge on any atom is -0.466 e. The molecule has 2 atom stereocenters. The second-order valence-electron chi connectivity index (χ2n) is 4.34. The van der Waals surface area contributed by atoms with E-state index in [1.54, 1.807) is 0 Å². The van der Waals surface area contributed by atoms with Gasteiger partial charge in [-0.1, -0.05) is 6.42 Å². The number of carbonyl (C=O) groups is 1. The van der Waals surface area contributed by atoms with Gasteiger partial charge in [-0.2, -0.15) is 0 Å². The van der Waals surface area contributed by atoms with E-state index in [9.17, 15) is 4.79 Å². The Bertz CT molecular complexity index is 213. The van der Waals surface area contributed by atoms with E-state index >= 15 is 0 Å². The maximum Gasteiger partial charge on any atom is 0.310 e. The van der Waals surface area contributed by atoms with Gasteiger partial charge in [-0.3, -0.25) is 4.79 Å². The summed E-state index contributed by atoms with van der Waals surface area (Å²) in [5, 5.41) is 3.54. The molecular formula is C11H19NO2. The van der Waals surface area contributed by atoms with Gasteiger partial charge >= 0.3 is 5.97 Å². The highest BCUT2D eigenvalue weighted by atomic mass is 16.5. The standard InChI is InChI=1S/C11H19NO2/c1-2-14-11(13)9-4-3-5-10(9)12-8-6-7-8/h8-10,12H,2-7H2,1H3. The lowest BCUT2D eigenvalue weighted by molar-refractivity contribution is -0.148. The van der Waals surface area contributed by atoms with Crippen LogP contribution in [0.5, 0.6) is 0 Å². The first-order valence-electron chi connectivity index (χ1n) is 5.74. The molecule has 0 spiro atoms. The predicted octanol–water partition coefficient (Wildman–Crippen LogP) is 1.47. The molecule has 14 heavy (non-hydrogen) atoms. The first kappa shape index (κ1) is 9.97. The molecule has 0 aromatic heterocycles. The van der Waals surface area contributed by atoms with E-state index in [2.05, 4.69) is 5.32 Å². The Morgan fingerprint density at radius 3 is 2.79 bits per heavy atom. The van der Waals surface area contributed by atoms with Gasteiger partial charge in [0.1, 0.15) is 0 Å². The maximum absolute atomic E-state index is 11.6. The van der Waals surface area contributed by atoms with Crippen LogP contribution in [0.25, 0.3) is 0 Å². The molecule has 0 bridgehead atoms. The fourth-order valence-corrected chi connectivity index (χ4v) is 2.24. The van der Waals surface area contributed by atoms with Crippen LogP contribution in [0.3, 0.4) is 0 Å². The molecule has 1 N–H and O–H groups in total. The van der Waals surface area contributed by atoms with Crippen molar-refractivity contribution in [2.24, 2.45) is 5.92 Å². The Kier molecular flexibility index (Phi) is 3.06. The van der Waals surface area contributed by atoms with E-state index in [0.717, 1.165) is 19.3 Å². The van der Waals surface area contributed by atoms with E-state index in [4.69, 9.17) is 4.74 Å². The van der Waals surface area contributed by atoms with Crippen LogP contribution in [0, 0.1) is 5.92 Å². The average Bonchev–Trinajstić information content (AvgIpc) is 2.82. The number of carbonyl (C=O) groups excluding carboxylic acids is 1. The van der Waals surface area contributed by atoms with Crippen LogP contribution in [-0.4, -0.2) is 24.7 Å². The Morgan fingerprint density at radius 1 is 1.36 bits per heavy atom. The quantitative estimate of drug-likeness (QED) is 0.694. The van der Waals surface area contributed by atoms with Crippen LogP contribution in [-0.2, 0) is 9.53 Å². The number of esters is 1. The van der Waals surface area contributed by atoms with Crippen LogP contribution >= 0.6 is 0 Å². The second kappa shape index (κ2) is 4.30. The number of nitrogens with one attached hydrogen (secondary N) is 1. The van der Waals surface area contributed by atoms with Crippen LogP contribution < -0.4 is 5.32 Å². The third-order valence-corrected chi connectivity index (χ3v) is 3.13. The topological polar surface area (TPSA) is 38.3 Å². The van der Waals surface area contributed by atoms with Crippen molar-refractivity contribution in [2.75, 3.05) is 6.61 Å². The Morgan fingerprint density at radius 2 is 2.14 bits per heavy atom. The molecule has 0 radical (unpaired) electrons. The number of hydrogen-bond donors (Lipinski definition) is 1. The summed E-state index contributed by atoms with van der Waals surface area (Å²) in [6.45, 7) is 2.38. The molecule has 0 aliphatic heterocycles. The number of ether oxygens (including phenoxy) is 1. The summed E-state index contributed by atoms with van der Waals surface area (Å²) in [7, 11) is 0. The van der Waals surface area contributed by atoms with Crippen molar-refractivity contribution in [3.63, 3.8) is 0 Å². The van der Waals surface area contributed by atoms with Crippen LogP contribution in [0.1, 0.15) is 39.0 Å². The van der Waals surface area contributed by atoms with Gasteiger partial charge in [0.05, 0.1) is 12.5 Å². The Hall–Kier alpha value is -0.570. The lowest BCUT2D eigenvalue weighted by Gasteiger charge is -2.19. The molecule has 0 aromatic rings. The van der Waals surface area contributed by atoms with Crippen LogP contribution in [0.2, 0.25) is 0 Å². The maximum atomic E-state index is 11.6.